The molecule has 3 nitrogen and oxygen atoms in total. The molecule has 2 heterocycles. The van der Waals surface area contributed by atoms with Gasteiger partial charge in [-0.3, -0.25) is 0 Å². The highest BCUT2D eigenvalue weighted by Crippen LogP contribution is 2.42. The number of rotatable bonds is 2. The van der Waals surface area contributed by atoms with Crippen molar-refractivity contribution in [3.05, 3.63) is 28.8 Å². The van der Waals surface area contributed by atoms with E-state index in [1.807, 2.05) is 6.07 Å². The molecule has 0 amide bonds. The predicted octanol–water partition coefficient (Wildman–Crippen LogP) is 3.12. The van der Waals surface area contributed by atoms with Gasteiger partial charge in [0.15, 0.2) is 0 Å². The van der Waals surface area contributed by atoms with Crippen LogP contribution in [0.1, 0.15) is 53.6 Å². The monoisotopic (exact) mass is 259 g/mol. The van der Waals surface area contributed by atoms with Gasteiger partial charge in [0.05, 0.1) is 12.7 Å². The molecule has 0 aromatic heterocycles. The molecule has 3 heteroatoms. The van der Waals surface area contributed by atoms with E-state index in [0.29, 0.717) is 5.92 Å². The van der Waals surface area contributed by atoms with Gasteiger partial charge in [-0.25, -0.2) is 4.79 Å². The minimum Gasteiger partial charge on any atom is -0.465 e. The first-order valence-electron chi connectivity index (χ1n) is 7.24. The molecule has 102 valence electrons. The lowest BCUT2D eigenvalue weighted by molar-refractivity contribution is 0.0600. The van der Waals surface area contributed by atoms with Gasteiger partial charge in [0.2, 0.25) is 0 Å². The summed E-state index contributed by atoms with van der Waals surface area (Å²) >= 11 is 0. The molecule has 0 N–H and O–H groups in total. The van der Waals surface area contributed by atoms with Gasteiger partial charge in [0.1, 0.15) is 0 Å². The van der Waals surface area contributed by atoms with E-state index in [0.717, 1.165) is 31.5 Å². The highest BCUT2D eigenvalue weighted by molar-refractivity contribution is 5.91. The molecule has 1 aromatic rings. The Morgan fingerprint density at radius 3 is 3.00 bits per heavy atom. The number of anilines is 1. The molecular formula is C16H21NO2. The number of hydrogen-bond acceptors (Lipinski definition) is 3. The van der Waals surface area contributed by atoms with Gasteiger partial charge in [-0.05, 0) is 54.9 Å². The summed E-state index contributed by atoms with van der Waals surface area (Å²) < 4.78 is 4.89. The number of esters is 1. The molecule has 0 aliphatic carbocycles. The Labute approximate surface area is 114 Å². The summed E-state index contributed by atoms with van der Waals surface area (Å²) in [6.07, 6.45) is 4.62. The van der Waals surface area contributed by atoms with Crippen LogP contribution >= 0.6 is 0 Å². The maximum Gasteiger partial charge on any atom is 0.337 e. The van der Waals surface area contributed by atoms with Crippen molar-refractivity contribution >= 4 is 11.7 Å². The first-order valence-corrected chi connectivity index (χ1v) is 7.24. The molecule has 0 fully saturated rings. The summed E-state index contributed by atoms with van der Waals surface area (Å²) in [4.78, 5) is 14.3. The van der Waals surface area contributed by atoms with Crippen LogP contribution in [-0.4, -0.2) is 26.2 Å². The molecule has 0 bridgehead atoms. The van der Waals surface area contributed by atoms with Crippen LogP contribution in [0.5, 0.6) is 0 Å². The molecule has 1 unspecified atom stereocenters. The normalized spacial score (nSPS) is 20.9. The highest BCUT2D eigenvalue weighted by Gasteiger charge is 2.29. The third-order valence-electron chi connectivity index (χ3n) is 4.51. The van der Waals surface area contributed by atoms with Gasteiger partial charge >= 0.3 is 5.97 Å². The lowest BCUT2D eigenvalue weighted by atomic mass is 9.82. The second kappa shape index (κ2) is 4.87. The van der Waals surface area contributed by atoms with Gasteiger partial charge in [-0.2, -0.15) is 0 Å². The van der Waals surface area contributed by atoms with Crippen LogP contribution in [0, 0.1) is 0 Å². The lowest BCUT2D eigenvalue weighted by Crippen LogP contribution is -2.36. The van der Waals surface area contributed by atoms with Crippen molar-refractivity contribution in [3.8, 4) is 0 Å². The molecule has 0 radical (unpaired) electrons. The number of benzene rings is 1. The number of hydrogen-bond donors (Lipinski definition) is 0. The minimum absolute atomic E-state index is 0.211. The van der Waals surface area contributed by atoms with Crippen molar-refractivity contribution in [1.82, 2.24) is 0 Å². The van der Waals surface area contributed by atoms with Crippen LogP contribution in [0.15, 0.2) is 12.1 Å². The molecule has 0 spiro atoms. The summed E-state index contributed by atoms with van der Waals surface area (Å²) in [5.74, 6) is 0.379. The van der Waals surface area contributed by atoms with E-state index in [1.165, 1.54) is 36.8 Å². The third kappa shape index (κ3) is 2.01. The second-order valence-electron chi connectivity index (χ2n) is 5.55. The van der Waals surface area contributed by atoms with E-state index in [9.17, 15) is 4.79 Å². The number of ether oxygens (including phenoxy) is 1. The van der Waals surface area contributed by atoms with E-state index in [2.05, 4.69) is 17.9 Å². The number of nitrogens with zero attached hydrogens (tertiary/aromatic N) is 1. The van der Waals surface area contributed by atoms with E-state index < -0.39 is 0 Å². The fraction of sp³-hybridized carbons (Fsp3) is 0.562. The molecule has 1 atom stereocenters. The number of methoxy groups -OCH3 is 1. The van der Waals surface area contributed by atoms with Crippen LogP contribution in [-0.2, 0) is 11.2 Å². The van der Waals surface area contributed by atoms with Crippen LogP contribution in [0.4, 0.5) is 5.69 Å². The third-order valence-corrected chi connectivity index (χ3v) is 4.51. The Hall–Kier alpha value is -1.51. The first-order chi connectivity index (χ1) is 9.24. The molecule has 19 heavy (non-hydrogen) atoms. The Balaban J connectivity index is 2.14. The van der Waals surface area contributed by atoms with Crippen LogP contribution in [0.2, 0.25) is 0 Å². The molecular weight excluding hydrogens is 238 g/mol. The summed E-state index contributed by atoms with van der Waals surface area (Å²) in [6, 6.07) is 4.10. The molecule has 1 aromatic carbocycles. The molecule has 0 saturated carbocycles. The van der Waals surface area contributed by atoms with Crippen molar-refractivity contribution in [3.63, 3.8) is 0 Å². The SMILES string of the molecule is CCC1CCN2CCCc3cc(C(=O)OC)cc1c32. The van der Waals surface area contributed by atoms with Crippen molar-refractivity contribution < 1.29 is 9.53 Å². The Kier molecular flexibility index (Phi) is 3.21. The molecule has 3 rings (SSSR count). The fourth-order valence-electron chi connectivity index (χ4n) is 3.53. The zero-order chi connectivity index (χ0) is 13.4. The summed E-state index contributed by atoms with van der Waals surface area (Å²) in [7, 11) is 1.46. The van der Waals surface area contributed by atoms with E-state index in [4.69, 9.17) is 4.74 Å². The van der Waals surface area contributed by atoms with Gasteiger partial charge in [-0.1, -0.05) is 6.92 Å². The standard InChI is InChI=1S/C16H21NO2/c1-3-11-6-8-17-7-4-5-12-9-13(16(18)19-2)10-14(11)15(12)17/h9-11H,3-8H2,1-2H3. The zero-order valence-electron chi connectivity index (χ0n) is 11.7. The minimum atomic E-state index is -0.211. The average Bonchev–Trinajstić information content (AvgIpc) is 2.47. The van der Waals surface area contributed by atoms with Crippen molar-refractivity contribution in [2.24, 2.45) is 0 Å². The van der Waals surface area contributed by atoms with Gasteiger partial charge in [0, 0.05) is 18.8 Å². The van der Waals surface area contributed by atoms with Crippen molar-refractivity contribution in [2.45, 2.75) is 38.5 Å². The fourth-order valence-corrected chi connectivity index (χ4v) is 3.53. The topological polar surface area (TPSA) is 29.5 Å². The van der Waals surface area contributed by atoms with Crippen LogP contribution in [0.3, 0.4) is 0 Å². The zero-order valence-corrected chi connectivity index (χ0v) is 11.7. The van der Waals surface area contributed by atoms with E-state index in [1.54, 1.807) is 0 Å². The number of aryl methyl sites for hydroxylation is 1. The highest BCUT2D eigenvalue weighted by atomic mass is 16.5. The average molecular weight is 259 g/mol. The maximum absolute atomic E-state index is 11.8. The first kappa shape index (κ1) is 12.5. The lowest BCUT2D eigenvalue weighted by Gasteiger charge is -2.40. The van der Waals surface area contributed by atoms with Crippen molar-refractivity contribution in [1.29, 1.82) is 0 Å². The van der Waals surface area contributed by atoms with Gasteiger partial charge < -0.3 is 9.64 Å². The Morgan fingerprint density at radius 1 is 1.42 bits per heavy atom. The summed E-state index contributed by atoms with van der Waals surface area (Å²) in [5.41, 5.74) is 4.84. The van der Waals surface area contributed by atoms with E-state index in [-0.39, 0.29) is 5.97 Å². The molecule has 2 aliphatic heterocycles. The van der Waals surface area contributed by atoms with Crippen molar-refractivity contribution in [2.75, 3.05) is 25.1 Å². The van der Waals surface area contributed by atoms with Crippen LogP contribution < -0.4 is 4.90 Å². The second-order valence-corrected chi connectivity index (χ2v) is 5.55. The van der Waals surface area contributed by atoms with Gasteiger partial charge in [-0.15, -0.1) is 0 Å². The Morgan fingerprint density at radius 2 is 2.26 bits per heavy atom. The quantitative estimate of drug-likeness (QED) is 0.764. The maximum atomic E-state index is 11.8. The molecule has 0 saturated heterocycles. The summed E-state index contributed by atoms with van der Waals surface area (Å²) in [5, 5.41) is 0. The Bertz CT molecular complexity index is 510. The summed E-state index contributed by atoms with van der Waals surface area (Å²) in [6.45, 7) is 4.56. The predicted molar refractivity (Wildman–Crippen MR) is 76.0 cm³/mol. The van der Waals surface area contributed by atoms with E-state index >= 15 is 0 Å². The number of carbonyl (C=O) groups is 1. The largest absolute Gasteiger partial charge is 0.465 e. The smallest absolute Gasteiger partial charge is 0.337 e. The molecule has 2 aliphatic rings. The van der Waals surface area contributed by atoms with Crippen LogP contribution in [0.25, 0.3) is 0 Å². The van der Waals surface area contributed by atoms with Gasteiger partial charge in [0.25, 0.3) is 0 Å². The number of carbonyl (C=O) groups excluding carboxylic acids is 1.